The molecule has 3 N–H and O–H groups in total. The third-order valence-corrected chi connectivity index (χ3v) is 2.18. The Hall–Kier alpha value is -1.22. The van der Waals surface area contributed by atoms with E-state index in [-0.39, 0.29) is 22.2 Å². The highest BCUT2D eigenvalue weighted by Gasteiger charge is 2.12. The summed E-state index contributed by atoms with van der Waals surface area (Å²) >= 11 is 5.66. The summed E-state index contributed by atoms with van der Waals surface area (Å²) in [5, 5.41) is 9.20. The van der Waals surface area contributed by atoms with Crippen LogP contribution < -0.4 is 5.73 Å². The number of hydrogen-bond donors (Lipinski definition) is 2. The summed E-state index contributed by atoms with van der Waals surface area (Å²) in [7, 11) is 0. The number of benzene rings is 1. The molecule has 1 aromatic rings. The van der Waals surface area contributed by atoms with Crippen LogP contribution in [0.3, 0.4) is 0 Å². The number of Topliss-reactive ketones (excluding diaryl/α,β-unsaturated/α-hetero) is 1. The number of anilines is 1. The molecule has 3 nitrogen and oxygen atoms in total. The van der Waals surface area contributed by atoms with Gasteiger partial charge in [0.05, 0.1) is 5.69 Å². The number of halogens is 1. The van der Waals surface area contributed by atoms with Crippen molar-refractivity contribution in [1.82, 2.24) is 0 Å². The van der Waals surface area contributed by atoms with Gasteiger partial charge in [-0.2, -0.15) is 0 Å². The Labute approximate surface area is 81.1 Å². The van der Waals surface area contributed by atoms with E-state index in [1.165, 1.54) is 12.1 Å². The maximum absolute atomic E-state index is 11.3. The molecule has 0 radical (unpaired) electrons. The first-order valence-electron chi connectivity index (χ1n) is 3.88. The molecule has 0 atom stereocenters. The van der Waals surface area contributed by atoms with Gasteiger partial charge < -0.3 is 10.8 Å². The molecular formula is C9H10ClNO2. The van der Waals surface area contributed by atoms with Crippen LogP contribution in [0.4, 0.5) is 5.69 Å². The van der Waals surface area contributed by atoms with Gasteiger partial charge in [-0.3, -0.25) is 4.79 Å². The maximum Gasteiger partial charge on any atom is 0.164 e. The Morgan fingerprint density at radius 3 is 2.77 bits per heavy atom. The zero-order chi connectivity index (χ0) is 10.0. The average molecular weight is 200 g/mol. The lowest BCUT2D eigenvalue weighted by molar-refractivity contribution is 0.0989. The van der Waals surface area contributed by atoms with E-state index in [0.717, 1.165) is 0 Å². The second-order valence-corrected chi connectivity index (χ2v) is 3.01. The molecule has 0 saturated heterocycles. The quantitative estimate of drug-likeness (QED) is 0.567. The number of aromatic hydroxyl groups is 1. The molecule has 0 aromatic heterocycles. The van der Waals surface area contributed by atoms with Gasteiger partial charge >= 0.3 is 0 Å². The van der Waals surface area contributed by atoms with Gasteiger partial charge in [-0.1, -0.05) is 18.5 Å². The first kappa shape index (κ1) is 9.86. The van der Waals surface area contributed by atoms with Crippen LogP contribution in [0, 0.1) is 0 Å². The highest BCUT2D eigenvalue weighted by Crippen LogP contribution is 2.32. The Kier molecular flexibility index (Phi) is 2.78. The maximum atomic E-state index is 11.3. The molecule has 0 aliphatic heterocycles. The lowest BCUT2D eigenvalue weighted by atomic mass is 10.1. The third kappa shape index (κ3) is 1.75. The molecule has 13 heavy (non-hydrogen) atoms. The molecule has 1 aromatic carbocycles. The molecule has 70 valence electrons. The van der Waals surface area contributed by atoms with Gasteiger partial charge in [0.2, 0.25) is 0 Å². The SMILES string of the molecule is CCC(=O)c1ccc(O)c(Cl)c1N. The lowest BCUT2D eigenvalue weighted by Crippen LogP contribution is -2.02. The molecule has 0 aliphatic carbocycles. The molecule has 0 bridgehead atoms. The van der Waals surface area contributed by atoms with Crippen molar-refractivity contribution in [3.05, 3.63) is 22.7 Å². The summed E-state index contributed by atoms with van der Waals surface area (Å²) in [6, 6.07) is 2.84. The third-order valence-electron chi connectivity index (χ3n) is 1.78. The number of ketones is 1. The van der Waals surface area contributed by atoms with Gasteiger partial charge in [0, 0.05) is 12.0 Å². The van der Waals surface area contributed by atoms with Crippen LogP contribution in [0.25, 0.3) is 0 Å². The molecule has 0 saturated carbocycles. The van der Waals surface area contributed by atoms with Gasteiger partial charge in [-0.05, 0) is 12.1 Å². The molecule has 0 amide bonds. The summed E-state index contributed by atoms with van der Waals surface area (Å²) in [6.07, 6.45) is 0.366. The molecule has 0 spiro atoms. The lowest BCUT2D eigenvalue weighted by Gasteiger charge is -2.06. The zero-order valence-electron chi connectivity index (χ0n) is 7.17. The summed E-state index contributed by atoms with van der Waals surface area (Å²) in [4.78, 5) is 11.3. The average Bonchev–Trinajstić information content (AvgIpc) is 2.13. The van der Waals surface area contributed by atoms with Crippen LogP contribution in [-0.2, 0) is 0 Å². The first-order chi connectivity index (χ1) is 6.07. The second kappa shape index (κ2) is 3.66. The largest absolute Gasteiger partial charge is 0.506 e. The Bertz CT molecular complexity index is 350. The molecule has 0 unspecified atom stereocenters. The van der Waals surface area contributed by atoms with Crippen LogP contribution in [0.1, 0.15) is 23.7 Å². The van der Waals surface area contributed by atoms with E-state index in [4.69, 9.17) is 22.4 Å². The zero-order valence-corrected chi connectivity index (χ0v) is 7.93. The topological polar surface area (TPSA) is 63.3 Å². The van der Waals surface area contributed by atoms with Crippen LogP contribution >= 0.6 is 11.6 Å². The van der Waals surface area contributed by atoms with E-state index in [0.29, 0.717) is 12.0 Å². The van der Waals surface area contributed by atoms with Crippen molar-refractivity contribution in [2.75, 3.05) is 5.73 Å². The van der Waals surface area contributed by atoms with Crippen molar-refractivity contribution in [1.29, 1.82) is 0 Å². The van der Waals surface area contributed by atoms with Gasteiger partial charge in [-0.15, -0.1) is 0 Å². The van der Waals surface area contributed by atoms with Crippen molar-refractivity contribution in [3.8, 4) is 5.75 Å². The summed E-state index contributed by atoms with van der Waals surface area (Å²) in [6.45, 7) is 1.74. The van der Waals surface area contributed by atoms with Crippen molar-refractivity contribution in [3.63, 3.8) is 0 Å². The smallest absolute Gasteiger partial charge is 0.164 e. The van der Waals surface area contributed by atoms with Gasteiger partial charge in [0.25, 0.3) is 0 Å². The van der Waals surface area contributed by atoms with E-state index in [1.807, 2.05) is 0 Å². The number of nitrogens with two attached hydrogens (primary N) is 1. The minimum Gasteiger partial charge on any atom is -0.506 e. The number of rotatable bonds is 2. The van der Waals surface area contributed by atoms with E-state index in [9.17, 15) is 4.79 Å². The predicted molar refractivity (Wildman–Crippen MR) is 52.2 cm³/mol. The Morgan fingerprint density at radius 1 is 1.62 bits per heavy atom. The number of nitrogen functional groups attached to an aromatic ring is 1. The molecule has 0 heterocycles. The monoisotopic (exact) mass is 199 g/mol. The van der Waals surface area contributed by atoms with E-state index >= 15 is 0 Å². The Morgan fingerprint density at radius 2 is 2.23 bits per heavy atom. The second-order valence-electron chi connectivity index (χ2n) is 2.64. The molecule has 4 heteroatoms. The summed E-state index contributed by atoms with van der Waals surface area (Å²) in [5.41, 5.74) is 6.06. The first-order valence-corrected chi connectivity index (χ1v) is 4.25. The van der Waals surface area contributed by atoms with Crippen molar-refractivity contribution >= 4 is 23.1 Å². The minimum absolute atomic E-state index is 0.0410. The van der Waals surface area contributed by atoms with Crippen LogP contribution in [0.15, 0.2) is 12.1 Å². The van der Waals surface area contributed by atoms with E-state index < -0.39 is 0 Å². The predicted octanol–water partition coefficient (Wildman–Crippen LogP) is 2.22. The normalized spacial score (nSPS) is 10.0. The van der Waals surface area contributed by atoms with E-state index in [1.54, 1.807) is 6.92 Å². The van der Waals surface area contributed by atoms with Crippen molar-refractivity contribution in [2.45, 2.75) is 13.3 Å². The van der Waals surface area contributed by atoms with Gasteiger partial charge in [0.1, 0.15) is 10.8 Å². The summed E-state index contributed by atoms with van der Waals surface area (Å²) < 4.78 is 0. The van der Waals surface area contributed by atoms with Crippen molar-refractivity contribution < 1.29 is 9.90 Å². The Balaban J connectivity index is 3.26. The van der Waals surface area contributed by atoms with Crippen LogP contribution in [-0.4, -0.2) is 10.9 Å². The fourth-order valence-electron chi connectivity index (χ4n) is 1.02. The number of carbonyl (C=O) groups is 1. The number of hydrogen-bond acceptors (Lipinski definition) is 3. The highest BCUT2D eigenvalue weighted by molar-refractivity contribution is 6.35. The molecule has 0 fully saturated rings. The summed E-state index contributed by atoms with van der Waals surface area (Å²) in [5.74, 6) is -0.189. The number of phenolic OH excluding ortho intramolecular Hbond substituents is 1. The van der Waals surface area contributed by atoms with E-state index in [2.05, 4.69) is 0 Å². The van der Waals surface area contributed by atoms with Crippen LogP contribution in [0.2, 0.25) is 5.02 Å². The fraction of sp³-hybridized carbons (Fsp3) is 0.222. The highest BCUT2D eigenvalue weighted by atomic mass is 35.5. The molecule has 0 aliphatic rings. The van der Waals surface area contributed by atoms with Gasteiger partial charge in [0.15, 0.2) is 5.78 Å². The van der Waals surface area contributed by atoms with Crippen molar-refractivity contribution in [2.24, 2.45) is 0 Å². The number of phenols is 1. The number of carbonyl (C=O) groups excluding carboxylic acids is 1. The fourth-order valence-corrected chi connectivity index (χ4v) is 1.18. The van der Waals surface area contributed by atoms with Crippen LogP contribution in [0.5, 0.6) is 5.75 Å². The minimum atomic E-state index is -0.105. The van der Waals surface area contributed by atoms with Gasteiger partial charge in [-0.25, -0.2) is 0 Å². The molecular weight excluding hydrogens is 190 g/mol. The molecule has 1 rings (SSSR count). The standard InChI is InChI=1S/C9H10ClNO2/c1-2-6(12)5-3-4-7(13)8(10)9(5)11/h3-4,13H,2,11H2,1H3.